The minimum Gasteiger partial charge on any atom is -0.319 e. The summed E-state index contributed by atoms with van der Waals surface area (Å²) in [5, 5.41) is 0. The molecule has 2 aromatic heterocycles. The van der Waals surface area contributed by atoms with Gasteiger partial charge in [0.2, 0.25) is 10.0 Å². The molecule has 0 aliphatic carbocycles. The van der Waals surface area contributed by atoms with Gasteiger partial charge in [-0.05, 0) is 57.4 Å². The summed E-state index contributed by atoms with van der Waals surface area (Å²) in [6.07, 6.45) is 6.07. The molecule has 0 aliphatic heterocycles. The fourth-order valence-electron chi connectivity index (χ4n) is 5.10. The molecular formula is C33H41FN4O4S. The summed E-state index contributed by atoms with van der Waals surface area (Å²) in [5.74, 6) is 0.141. The first-order valence-corrected chi connectivity index (χ1v) is 16.3. The lowest BCUT2D eigenvalue weighted by Gasteiger charge is -2.21. The maximum Gasteiger partial charge on any atom is 0.277 e. The molecule has 4 rings (SSSR count). The van der Waals surface area contributed by atoms with Crippen molar-refractivity contribution in [1.29, 1.82) is 0 Å². The summed E-state index contributed by atoms with van der Waals surface area (Å²) < 4.78 is 47.9. The van der Waals surface area contributed by atoms with E-state index in [-0.39, 0.29) is 29.3 Å². The van der Waals surface area contributed by atoms with Crippen LogP contribution in [0.3, 0.4) is 0 Å². The molecule has 2 aromatic carbocycles. The second-order valence-corrected chi connectivity index (χ2v) is 13.7. The highest BCUT2D eigenvalue weighted by Gasteiger charge is 2.25. The maximum atomic E-state index is 15.8. The third kappa shape index (κ3) is 7.67. The lowest BCUT2D eigenvalue weighted by atomic mass is 10.0. The Morgan fingerprint density at radius 2 is 1.74 bits per heavy atom. The van der Waals surface area contributed by atoms with Crippen LogP contribution in [0.1, 0.15) is 78.1 Å². The molecule has 0 saturated carbocycles. The molecule has 0 spiro atoms. The predicted octanol–water partition coefficient (Wildman–Crippen LogP) is 6.23. The zero-order valence-electron chi connectivity index (χ0n) is 25.6. The molecule has 0 atom stereocenters. The van der Waals surface area contributed by atoms with Gasteiger partial charge in [-0.3, -0.25) is 9.59 Å². The summed E-state index contributed by atoms with van der Waals surface area (Å²) >= 11 is 0. The number of nitrogens with one attached hydrogen (secondary N) is 1. The fraction of sp³-hybridized carbons (Fsp3) is 0.424. The van der Waals surface area contributed by atoms with E-state index < -0.39 is 21.4 Å². The van der Waals surface area contributed by atoms with E-state index in [1.165, 1.54) is 16.7 Å². The Kier molecular flexibility index (Phi) is 10.0. The smallest absolute Gasteiger partial charge is 0.277 e. The number of fused-ring (bicyclic) bond motifs is 1. The van der Waals surface area contributed by atoms with Gasteiger partial charge in [-0.15, -0.1) is 0 Å². The number of Topliss-reactive ketones (excluding diaryl/α,β-unsaturated/α-hetero) is 1. The first-order valence-electron chi connectivity index (χ1n) is 14.9. The molecule has 43 heavy (non-hydrogen) atoms. The van der Waals surface area contributed by atoms with Crippen LogP contribution in [0.15, 0.2) is 64.4 Å². The van der Waals surface area contributed by atoms with E-state index >= 15 is 4.39 Å². The van der Waals surface area contributed by atoms with Crippen molar-refractivity contribution in [2.45, 2.75) is 96.7 Å². The van der Waals surface area contributed by atoms with E-state index in [9.17, 15) is 18.0 Å². The van der Waals surface area contributed by atoms with Crippen LogP contribution in [0.25, 0.3) is 22.2 Å². The third-order valence-electron chi connectivity index (χ3n) is 7.17. The predicted molar refractivity (Wildman–Crippen MR) is 168 cm³/mol. The van der Waals surface area contributed by atoms with Gasteiger partial charge < -0.3 is 9.13 Å². The van der Waals surface area contributed by atoms with Crippen LogP contribution in [0.2, 0.25) is 0 Å². The molecule has 4 aromatic rings. The molecule has 0 fully saturated rings. The molecule has 230 valence electrons. The average molecular weight is 609 g/mol. The van der Waals surface area contributed by atoms with Gasteiger partial charge in [-0.25, -0.2) is 22.5 Å². The zero-order valence-corrected chi connectivity index (χ0v) is 26.4. The summed E-state index contributed by atoms with van der Waals surface area (Å²) in [5.41, 5.74) is 0.970. The van der Waals surface area contributed by atoms with Crippen LogP contribution in [0.4, 0.5) is 4.39 Å². The average Bonchev–Trinajstić information content (AvgIpc) is 3.29. The lowest BCUT2D eigenvalue weighted by Crippen LogP contribution is -2.40. The third-order valence-corrected chi connectivity index (χ3v) is 8.98. The maximum absolute atomic E-state index is 15.8. The number of hydrogen-bond acceptors (Lipinski definition) is 5. The van der Waals surface area contributed by atoms with Crippen LogP contribution < -0.4 is 10.3 Å². The van der Waals surface area contributed by atoms with Gasteiger partial charge >= 0.3 is 0 Å². The number of pyridine rings is 1. The summed E-state index contributed by atoms with van der Waals surface area (Å²) in [4.78, 5) is 30.8. The molecule has 0 bridgehead atoms. The highest BCUT2D eigenvalue weighted by molar-refractivity contribution is 7.89. The molecule has 8 nitrogen and oxygen atoms in total. The van der Waals surface area contributed by atoms with Gasteiger partial charge in [-0.1, -0.05) is 57.0 Å². The van der Waals surface area contributed by atoms with Crippen LogP contribution in [0, 0.1) is 5.82 Å². The van der Waals surface area contributed by atoms with Gasteiger partial charge in [0.05, 0.1) is 23.5 Å². The molecule has 0 aliphatic rings. The minimum atomic E-state index is -3.87. The largest absolute Gasteiger partial charge is 0.319 e. The van der Waals surface area contributed by atoms with Crippen LogP contribution in [-0.4, -0.2) is 33.9 Å². The highest BCUT2D eigenvalue weighted by Crippen LogP contribution is 2.30. The fourth-order valence-corrected chi connectivity index (χ4v) is 6.75. The van der Waals surface area contributed by atoms with E-state index in [0.717, 1.165) is 25.7 Å². The molecule has 0 unspecified atom stereocenters. The van der Waals surface area contributed by atoms with E-state index in [2.05, 4.69) is 11.6 Å². The minimum absolute atomic E-state index is 0.0119. The zero-order chi connectivity index (χ0) is 31.4. The Hall–Kier alpha value is -3.63. The molecule has 0 saturated heterocycles. The number of aromatic nitrogens is 3. The number of hydrogen-bond donors (Lipinski definition) is 1. The number of benzene rings is 2. The van der Waals surface area contributed by atoms with Crippen molar-refractivity contribution in [2.75, 3.05) is 0 Å². The van der Waals surface area contributed by atoms with Crippen LogP contribution in [0.5, 0.6) is 0 Å². The normalized spacial score (nSPS) is 12.2. The number of nitrogens with zero attached hydrogens (tertiary/aromatic N) is 3. The molecule has 2 heterocycles. The topological polar surface area (TPSA) is 103 Å². The number of carbonyl (C=O) groups excluding carboxylic acids is 1. The Labute approximate surface area is 253 Å². The number of carbonyl (C=O) groups is 1. The van der Waals surface area contributed by atoms with Gasteiger partial charge in [0.15, 0.2) is 5.78 Å². The van der Waals surface area contributed by atoms with Gasteiger partial charge in [0.1, 0.15) is 17.2 Å². The number of halogens is 1. The van der Waals surface area contributed by atoms with Crippen LogP contribution >= 0.6 is 0 Å². The lowest BCUT2D eigenvalue weighted by molar-refractivity contribution is -0.119. The monoisotopic (exact) mass is 608 g/mol. The number of imidazole rings is 1. The second kappa shape index (κ2) is 13.3. The van der Waals surface area contributed by atoms with Crippen LogP contribution in [-0.2, 0) is 34.3 Å². The van der Waals surface area contributed by atoms with Crippen molar-refractivity contribution in [1.82, 2.24) is 18.8 Å². The van der Waals surface area contributed by atoms with Crippen molar-refractivity contribution in [3.8, 4) is 11.1 Å². The van der Waals surface area contributed by atoms with E-state index in [0.29, 0.717) is 46.4 Å². The molecular weight excluding hydrogens is 567 g/mol. The van der Waals surface area contributed by atoms with Crippen molar-refractivity contribution in [3.63, 3.8) is 0 Å². The molecule has 0 radical (unpaired) electrons. The van der Waals surface area contributed by atoms with E-state index in [4.69, 9.17) is 4.98 Å². The van der Waals surface area contributed by atoms with Gasteiger partial charge in [0, 0.05) is 35.7 Å². The first-order chi connectivity index (χ1) is 20.3. The number of aryl methyl sites for hydroxylation is 1. The van der Waals surface area contributed by atoms with Crippen molar-refractivity contribution >= 4 is 26.8 Å². The van der Waals surface area contributed by atoms with Gasteiger partial charge in [0.25, 0.3) is 5.56 Å². The highest BCUT2D eigenvalue weighted by atomic mass is 32.2. The number of sulfonamides is 1. The first kappa shape index (κ1) is 32.3. The van der Waals surface area contributed by atoms with Crippen molar-refractivity contribution < 1.29 is 17.6 Å². The number of ketones is 1. The standard InChI is InChI=1S/C33H41FN4O4S/c1-6-8-12-25(39)22-37-19-18-28-31(32(37)40)38(30(35-28)15-9-7-2)21-24-17-16-23(20-27(24)34)26-13-10-11-14-29(26)43(41,42)36-33(3,4)5/h10-11,13-14,16-20,36H,6-9,12,15,21-22H2,1-5H3. The SMILES string of the molecule is CCCCC(=O)Cn1ccc2nc(CCCC)n(Cc3ccc(-c4ccccc4S(=O)(=O)NC(C)(C)C)cc3F)c2c1=O. The quantitative estimate of drug-likeness (QED) is 0.194. The van der Waals surface area contributed by atoms with E-state index in [1.807, 2.05) is 6.92 Å². The number of rotatable bonds is 13. The Balaban J connectivity index is 1.74. The summed E-state index contributed by atoms with van der Waals surface area (Å²) in [7, 11) is -3.87. The summed E-state index contributed by atoms with van der Waals surface area (Å²) in [6, 6.07) is 12.9. The summed E-state index contributed by atoms with van der Waals surface area (Å²) in [6.45, 7) is 9.41. The Morgan fingerprint density at radius 3 is 2.42 bits per heavy atom. The Bertz CT molecular complexity index is 1780. The molecule has 0 amide bonds. The van der Waals surface area contributed by atoms with Crippen molar-refractivity contribution in [2.24, 2.45) is 0 Å². The Morgan fingerprint density at radius 1 is 1.02 bits per heavy atom. The number of unbranched alkanes of at least 4 members (excludes halogenated alkanes) is 2. The molecule has 1 N–H and O–H groups in total. The van der Waals surface area contributed by atoms with E-state index in [1.54, 1.807) is 67.9 Å². The molecule has 10 heteroatoms. The van der Waals surface area contributed by atoms with Gasteiger partial charge in [-0.2, -0.15) is 0 Å². The van der Waals surface area contributed by atoms with Crippen molar-refractivity contribution in [3.05, 3.63) is 82.3 Å². The second-order valence-electron chi connectivity index (χ2n) is 12.0.